The standard InChI is InChI=1S/C56H78N4O2S2/c1-9-17-21-39(13-5)37-59-53(49-35-33-47(63-49)41-25-29-45(30-26-41)57-43(15-7)23-19-11-3)51-52(55(59)61)54(60(56(51)62)38-40(14-6)22-18-10-2)50-36-34-48(64-50)42-27-31-46(32-28-42)58-44(16-8)24-20-12-4/h25-36,39-40,43-44,57-58H,9-24,37-38H2,1-8H3. The molecule has 4 heterocycles. The predicted molar refractivity (Wildman–Crippen MR) is 278 cm³/mol. The number of nitrogens with zero attached hydrogens (tertiary/aromatic N) is 2. The first-order chi connectivity index (χ1) is 31.2. The zero-order valence-electron chi connectivity index (χ0n) is 40.5. The van der Waals surface area contributed by atoms with Gasteiger partial charge >= 0.3 is 0 Å². The first-order valence-corrected chi connectivity index (χ1v) is 26.9. The maximum absolute atomic E-state index is 15.3. The Morgan fingerprint density at radius 2 is 0.781 bits per heavy atom. The Labute approximate surface area is 395 Å². The van der Waals surface area contributed by atoms with Gasteiger partial charge in [-0.1, -0.05) is 144 Å². The molecule has 0 aliphatic carbocycles. The maximum atomic E-state index is 15.3. The van der Waals surface area contributed by atoms with Crippen LogP contribution < -0.4 is 10.6 Å². The Balaban J connectivity index is 1.41. The van der Waals surface area contributed by atoms with Crippen LogP contribution in [0, 0.1) is 11.8 Å². The van der Waals surface area contributed by atoms with E-state index in [2.05, 4.69) is 139 Å². The number of carbonyl (C=O) groups is 2. The van der Waals surface area contributed by atoms with Crippen LogP contribution in [-0.4, -0.2) is 46.8 Å². The number of nitrogens with one attached hydrogen (secondary N) is 2. The molecule has 2 amide bonds. The van der Waals surface area contributed by atoms with Crippen LogP contribution in [0.15, 0.2) is 83.9 Å². The first kappa shape index (κ1) is 49.3. The molecular weight excluding hydrogens is 825 g/mol. The van der Waals surface area contributed by atoms with Crippen LogP contribution >= 0.6 is 22.7 Å². The highest BCUT2D eigenvalue weighted by molar-refractivity contribution is 7.17. The van der Waals surface area contributed by atoms with Gasteiger partial charge in [-0.25, -0.2) is 0 Å². The number of benzene rings is 2. The summed E-state index contributed by atoms with van der Waals surface area (Å²) in [5, 5.41) is 7.50. The fraction of sp³-hybridized carbons (Fsp3) is 0.536. The first-order valence-electron chi connectivity index (χ1n) is 25.3. The van der Waals surface area contributed by atoms with Crippen molar-refractivity contribution in [1.82, 2.24) is 9.80 Å². The number of hydrogen-bond donors (Lipinski definition) is 2. The average molecular weight is 903 g/mol. The van der Waals surface area contributed by atoms with Crippen molar-refractivity contribution in [3.63, 3.8) is 0 Å². The molecule has 0 radical (unpaired) electrons. The van der Waals surface area contributed by atoms with E-state index < -0.39 is 0 Å². The molecule has 64 heavy (non-hydrogen) atoms. The number of anilines is 2. The van der Waals surface area contributed by atoms with Gasteiger partial charge in [0.15, 0.2) is 0 Å². The molecule has 6 nitrogen and oxygen atoms in total. The number of unbranched alkanes of at least 4 members (excludes halogenated alkanes) is 4. The van der Waals surface area contributed by atoms with Crippen molar-refractivity contribution in [1.29, 1.82) is 0 Å². The van der Waals surface area contributed by atoms with E-state index in [1.807, 2.05) is 9.80 Å². The Morgan fingerprint density at radius 1 is 0.438 bits per heavy atom. The molecule has 2 N–H and O–H groups in total. The molecule has 4 aromatic rings. The van der Waals surface area contributed by atoms with Gasteiger partial charge in [0, 0.05) is 46.3 Å². The smallest absolute Gasteiger partial charge is 0.261 e. The van der Waals surface area contributed by atoms with Crippen molar-refractivity contribution in [2.75, 3.05) is 23.7 Å². The summed E-state index contributed by atoms with van der Waals surface area (Å²) in [7, 11) is 0. The minimum absolute atomic E-state index is 0.0229. The lowest BCUT2D eigenvalue weighted by Gasteiger charge is -2.29. The molecule has 0 saturated carbocycles. The second kappa shape index (κ2) is 24.4. The third-order valence-corrected chi connectivity index (χ3v) is 16.0. The maximum Gasteiger partial charge on any atom is 0.261 e. The fourth-order valence-electron chi connectivity index (χ4n) is 9.44. The third-order valence-electron chi connectivity index (χ3n) is 13.7. The average Bonchev–Trinajstić information content (AvgIpc) is 4.12. The van der Waals surface area contributed by atoms with Gasteiger partial charge in [0.25, 0.3) is 11.8 Å². The van der Waals surface area contributed by atoms with E-state index in [9.17, 15) is 0 Å². The third kappa shape index (κ3) is 11.8. The van der Waals surface area contributed by atoms with Crippen molar-refractivity contribution in [3.8, 4) is 20.9 Å². The van der Waals surface area contributed by atoms with Crippen LogP contribution in [-0.2, 0) is 9.59 Å². The van der Waals surface area contributed by atoms with E-state index in [1.165, 1.54) is 38.5 Å². The van der Waals surface area contributed by atoms with Crippen LogP contribution in [0.2, 0.25) is 0 Å². The zero-order chi connectivity index (χ0) is 45.6. The lowest BCUT2D eigenvalue weighted by Crippen LogP contribution is -2.34. The van der Waals surface area contributed by atoms with Crippen LogP contribution in [0.5, 0.6) is 0 Å². The van der Waals surface area contributed by atoms with E-state index in [-0.39, 0.29) is 11.8 Å². The Kier molecular flexibility index (Phi) is 18.8. The van der Waals surface area contributed by atoms with Crippen molar-refractivity contribution in [2.45, 2.75) is 170 Å². The molecular formula is C56H78N4O2S2. The van der Waals surface area contributed by atoms with E-state index >= 15 is 9.59 Å². The topological polar surface area (TPSA) is 64.7 Å². The predicted octanol–water partition coefficient (Wildman–Crippen LogP) is 16.1. The summed E-state index contributed by atoms with van der Waals surface area (Å²) in [5.41, 5.74) is 7.40. The lowest BCUT2D eigenvalue weighted by atomic mass is 9.98. The molecule has 0 spiro atoms. The van der Waals surface area contributed by atoms with Gasteiger partial charge in [-0.15, -0.1) is 22.7 Å². The molecule has 0 saturated heterocycles. The summed E-state index contributed by atoms with van der Waals surface area (Å²) < 4.78 is 0. The molecule has 4 atom stereocenters. The zero-order valence-corrected chi connectivity index (χ0v) is 42.1. The largest absolute Gasteiger partial charge is 0.382 e. The molecule has 2 aliphatic rings. The quantitative estimate of drug-likeness (QED) is 0.0596. The molecule has 4 unspecified atom stereocenters. The highest BCUT2D eigenvalue weighted by atomic mass is 32.1. The number of hydrogen-bond acceptors (Lipinski definition) is 6. The summed E-state index contributed by atoms with van der Waals surface area (Å²) in [4.78, 5) is 38.9. The van der Waals surface area contributed by atoms with Crippen LogP contribution in [0.25, 0.3) is 32.3 Å². The van der Waals surface area contributed by atoms with Gasteiger partial charge < -0.3 is 20.4 Å². The Bertz CT molecular complexity index is 2010. The molecule has 0 bridgehead atoms. The summed E-state index contributed by atoms with van der Waals surface area (Å²) >= 11 is 3.40. The molecule has 6 rings (SSSR count). The second-order valence-corrected chi connectivity index (χ2v) is 20.5. The van der Waals surface area contributed by atoms with Crippen molar-refractivity contribution in [2.24, 2.45) is 11.8 Å². The van der Waals surface area contributed by atoms with Gasteiger partial charge in [0.2, 0.25) is 0 Å². The van der Waals surface area contributed by atoms with Crippen molar-refractivity contribution >= 4 is 57.3 Å². The Morgan fingerprint density at radius 3 is 1.11 bits per heavy atom. The van der Waals surface area contributed by atoms with Crippen LogP contribution in [0.4, 0.5) is 11.4 Å². The fourth-order valence-corrected chi connectivity index (χ4v) is 11.6. The molecule has 2 aliphatic heterocycles. The highest BCUT2D eigenvalue weighted by Crippen LogP contribution is 2.50. The monoisotopic (exact) mass is 903 g/mol. The highest BCUT2D eigenvalue weighted by Gasteiger charge is 2.50. The molecule has 346 valence electrons. The summed E-state index contributed by atoms with van der Waals surface area (Å²) in [6.07, 6.45) is 18.0. The lowest BCUT2D eigenvalue weighted by molar-refractivity contribution is -0.124. The van der Waals surface area contributed by atoms with Gasteiger partial charge in [0.05, 0.1) is 32.3 Å². The number of amides is 2. The molecule has 2 aromatic carbocycles. The van der Waals surface area contributed by atoms with Crippen molar-refractivity contribution in [3.05, 3.63) is 93.7 Å². The van der Waals surface area contributed by atoms with E-state index in [1.54, 1.807) is 22.7 Å². The number of carbonyl (C=O) groups excluding carboxylic acids is 2. The van der Waals surface area contributed by atoms with Gasteiger partial charge in [0.1, 0.15) is 0 Å². The molecule has 8 heteroatoms. The normalized spacial score (nSPS) is 15.9. The van der Waals surface area contributed by atoms with Gasteiger partial charge in [-0.3, -0.25) is 9.59 Å². The summed E-state index contributed by atoms with van der Waals surface area (Å²) in [6, 6.07) is 27.2. The van der Waals surface area contributed by atoms with E-state index in [4.69, 9.17) is 0 Å². The van der Waals surface area contributed by atoms with Gasteiger partial charge in [-0.2, -0.15) is 0 Å². The minimum atomic E-state index is -0.0229. The number of rotatable bonds is 28. The minimum Gasteiger partial charge on any atom is -0.382 e. The molecule has 0 fully saturated rings. The number of fused-ring (bicyclic) bond motifs is 1. The van der Waals surface area contributed by atoms with Crippen molar-refractivity contribution < 1.29 is 9.59 Å². The summed E-state index contributed by atoms with van der Waals surface area (Å²) in [6.45, 7) is 19.2. The Hall–Kier alpha value is -4.14. The SMILES string of the molecule is CCCCC(CC)CN1C(=O)C2=C(c3ccc(-c4ccc(NC(CC)CCCC)cc4)s3)N(CC(CC)CCCC)C(=O)C2=C1c1ccc(-c2ccc(NC(CC)CCCC)cc2)s1. The van der Waals surface area contributed by atoms with Gasteiger partial charge in [-0.05, 0) is 110 Å². The van der Waals surface area contributed by atoms with E-state index in [0.29, 0.717) is 48.2 Å². The van der Waals surface area contributed by atoms with E-state index in [0.717, 1.165) is 118 Å². The second-order valence-electron chi connectivity index (χ2n) is 18.4. The van der Waals surface area contributed by atoms with Crippen LogP contribution in [0.3, 0.4) is 0 Å². The molecule has 2 aromatic heterocycles. The van der Waals surface area contributed by atoms with Crippen LogP contribution in [0.1, 0.15) is 168 Å². The number of thiophene rings is 2. The summed E-state index contributed by atoms with van der Waals surface area (Å²) in [5.74, 6) is 0.650.